The van der Waals surface area contributed by atoms with Crippen LogP contribution in [0.1, 0.15) is 42.8 Å². The molecule has 4 heterocycles. The van der Waals surface area contributed by atoms with Crippen molar-refractivity contribution in [1.29, 1.82) is 0 Å². The minimum Gasteiger partial charge on any atom is -0.394 e. The SMILES string of the molecule is Cc1cn(C2CC(O)C(N(N)CCC3C[C@H](n4cc(C)c(=O)[nH]c4=O)O[C@@H]3CO)O2)c(=O)[nH]c1=O. The van der Waals surface area contributed by atoms with Gasteiger partial charge in [-0.05, 0) is 32.6 Å². The fourth-order valence-corrected chi connectivity index (χ4v) is 4.60. The standard InChI is InChI=1S/C21H30N6O8/c1-10-7-25(20(32)23-17(10)30)15-5-12(14(9-28)34-15)3-4-27(22)19-13(29)6-16(35-19)26-8-11(2)18(31)24-21(26)33/h7-8,12-16,19,28-29H,3-6,9,22H2,1-2H3,(H,23,30,32)(H,24,31,33)/t12?,13?,14-,15-,16?,19?/m1/s1. The van der Waals surface area contributed by atoms with Crippen molar-refractivity contribution in [1.82, 2.24) is 24.1 Å². The molecule has 2 aliphatic rings. The molecular weight excluding hydrogens is 464 g/mol. The summed E-state index contributed by atoms with van der Waals surface area (Å²) in [6, 6.07) is 0. The van der Waals surface area contributed by atoms with Crippen molar-refractivity contribution in [2.24, 2.45) is 11.8 Å². The number of ether oxygens (including phenoxy) is 2. The number of hydrazine groups is 1. The highest BCUT2D eigenvalue weighted by Crippen LogP contribution is 2.35. The van der Waals surface area contributed by atoms with Gasteiger partial charge in [0.15, 0.2) is 6.23 Å². The number of H-pyrrole nitrogens is 2. The molecule has 14 heteroatoms. The molecule has 0 saturated carbocycles. The van der Waals surface area contributed by atoms with Crippen LogP contribution in [-0.4, -0.2) is 65.9 Å². The Morgan fingerprint density at radius 3 is 2.09 bits per heavy atom. The summed E-state index contributed by atoms with van der Waals surface area (Å²) in [6.07, 6.45) is -0.0855. The molecule has 4 unspecified atom stereocenters. The number of nitrogens with zero attached hydrogens (tertiary/aromatic N) is 3. The summed E-state index contributed by atoms with van der Waals surface area (Å²) in [7, 11) is 0. The van der Waals surface area contributed by atoms with Crippen LogP contribution in [0, 0.1) is 19.8 Å². The maximum atomic E-state index is 12.2. The van der Waals surface area contributed by atoms with E-state index in [1.54, 1.807) is 13.8 Å². The number of rotatable bonds is 7. The van der Waals surface area contributed by atoms with E-state index in [0.29, 0.717) is 24.0 Å². The topological polar surface area (TPSA) is 198 Å². The van der Waals surface area contributed by atoms with Gasteiger partial charge in [0.05, 0.1) is 18.8 Å². The smallest absolute Gasteiger partial charge is 0.330 e. The van der Waals surface area contributed by atoms with Gasteiger partial charge in [-0.15, -0.1) is 0 Å². The molecule has 0 radical (unpaired) electrons. The summed E-state index contributed by atoms with van der Waals surface area (Å²) in [5.41, 5.74) is -1.50. The van der Waals surface area contributed by atoms with Crippen LogP contribution in [0.25, 0.3) is 0 Å². The summed E-state index contributed by atoms with van der Waals surface area (Å²) >= 11 is 0. The second-order valence-corrected chi connectivity index (χ2v) is 9.08. The highest BCUT2D eigenvalue weighted by atomic mass is 16.6. The summed E-state index contributed by atoms with van der Waals surface area (Å²) in [5, 5.41) is 21.6. The Kier molecular flexibility index (Phi) is 7.21. The molecule has 0 aliphatic carbocycles. The Morgan fingerprint density at radius 1 is 1.00 bits per heavy atom. The normalized spacial score (nSPS) is 28.7. The lowest BCUT2D eigenvalue weighted by atomic mass is 9.97. The predicted octanol–water partition coefficient (Wildman–Crippen LogP) is -2.23. The number of aryl methyl sites for hydroxylation is 2. The number of hydrogen-bond donors (Lipinski definition) is 5. The number of nitrogens with one attached hydrogen (secondary N) is 2. The minimum atomic E-state index is -0.979. The average molecular weight is 495 g/mol. The summed E-state index contributed by atoms with van der Waals surface area (Å²) in [6.45, 7) is 3.15. The number of aromatic amines is 2. The summed E-state index contributed by atoms with van der Waals surface area (Å²) < 4.78 is 14.2. The molecule has 0 aromatic carbocycles. The first-order chi connectivity index (χ1) is 16.6. The van der Waals surface area contributed by atoms with E-state index in [2.05, 4.69) is 9.97 Å². The molecule has 2 aliphatic heterocycles. The third kappa shape index (κ3) is 5.07. The van der Waals surface area contributed by atoms with Gasteiger partial charge in [0.1, 0.15) is 12.5 Å². The third-order valence-corrected chi connectivity index (χ3v) is 6.61. The average Bonchev–Trinajstić information content (AvgIpc) is 3.40. The second-order valence-electron chi connectivity index (χ2n) is 9.08. The first-order valence-corrected chi connectivity index (χ1v) is 11.3. The van der Waals surface area contributed by atoms with Crippen LogP contribution in [0.5, 0.6) is 0 Å². The lowest BCUT2D eigenvalue weighted by molar-refractivity contribution is -0.110. The van der Waals surface area contributed by atoms with Crippen molar-refractivity contribution in [3.63, 3.8) is 0 Å². The van der Waals surface area contributed by atoms with Gasteiger partial charge in [0, 0.05) is 36.5 Å². The monoisotopic (exact) mass is 494 g/mol. The van der Waals surface area contributed by atoms with E-state index in [9.17, 15) is 29.4 Å². The molecule has 0 bridgehead atoms. The fraction of sp³-hybridized carbons (Fsp3) is 0.619. The van der Waals surface area contributed by atoms with Crippen LogP contribution >= 0.6 is 0 Å². The summed E-state index contributed by atoms with van der Waals surface area (Å²) in [4.78, 5) is 52.1. The minimum absolute atomic E-state index is 0.103. The molecule has 192 valence electrons. The Labute approximate surface area is 198 Å². The van der Waals surface area contributed by atoms with Crippen LogP contribution in [0.4, 0.5) is 0 Å². The van der Waals surface area contributed by atoms with Crippen molar-refractivity contribution >= 4 is 0 Å². The maximum absolute atomic E-state index is 12.2. The zero-order chi connectivity index (χ0) is 25.4. The van der Waals surface area contributed by atoms with Crippen molar-refractivity contribution in [3.8, 4) is 0 Å². The highest BCUT2D eigenvalue weighted by molar-refractivity contribution is 5.03. The van der Waals surface area contributed by atoms with E-state index in [1.807, 2.05) is 0 Å². The van der Waals surface area contributed by atoms with Crippen molar-refractivity contribution in [2.45, 2.75) is 64.0 Å². The molecule has 14 nitrogen and oxygen atoms in total. The Bertz CT molecular complexity index is 1300. The first kappa shape index (κ1) is 25.2. The van der Waals surface area contributed by atoms with Gasteiger partial charge in [0.2, 0.25) is 0 Å². The zero-order valence-corrected chi connectivity index (χ0v) is 19.4. The van der Waals surface area contributed by atoms with Gasteiger partial charge in [-0.3, -0.25) is 34.5 Å². The number of hydrogen-bond acceptors (Lipinski definition) is 10. The van der Waals surface area contributed by atoms with E-state index < -0.39 is 53.4 Å². The van der Waals surface area contributed by atoms with E-state index in [1.165, 1.54) is 26.5 Å². The van der Waals surface area contributed by atoms with Crippen LogP contribution in [0.3, 0.4) is 0 Å². The number of aromatic nitrogens is 4. The van der Waals surface area contributed by atoms with Gasteiger partial charge in [-0.1, -0.05) is 0 Å². The van der Waals surface area contributed by atoms with Crippen LogP contribution in [0.2, 0.25) is 0 Å². The van der Waals surface area contributed by atoms with Crippen LogP contribution in [0.15, 0.2) is 31.6 Å². The molecule has 2 fully saturated rings. The molecule has 4 rings (SSSR count). The quantitative estimate of drug-likeness (QED) is 0.207. The van der Waals surface area contributed by atoms with E-state index in [0.717, 1.165) is 0 Å². The van der Waals surface area contributed by atoms with E-state index in [4.69, 9.17) is 15.3 Å². The van der Waals surface area contributed by atoms with E-state index >= 15 is 0 Å². The van der Waals surface area contributed by atoms with Gasteiger partial charge < -0.3 is 19.7 Å². The van der Waals surface area contributed by atoms with Crippen molar-refractivity contribution in [3.05, 3.63) is 65.2 Å². The highest BCUT2D eigenvalue weighted by Gasteiger charge is 2.40. The number of aliphatic hydroxyl groups excluding tert-OH is 2. The molecule has 2 saturated heterocycles. The Hall–Kier alpha value is -2.88. The lowest BCUT2D eigenvalue weighted by Gasteiger charge is -2.27. The zero-order valence-electron chi connectivity index (χ0n) is 19.4. The summed E-state index contributed by atoms with van der Waals surface area (Å²) in [5.74, 6) is 6.02. The van der Waals surface area contributed by atoms with E-state index in [-0.39, 0.29) is 25.5 Å². The first-order valence-electron chi connectivity index (χ1n) is 11.3. The molecule has 0 spiro atoms. The second kappa shape index (κ2) is 10.0. The largest absolute Gasteiger partial charge is 0.394 e. The molecule has 2 aromatic rings. The molecule has 6 N–H and O–H groups in total. The third-order valence-electron chi connectivity index (χ3n) is 6.61. The number of aliphatic hydroxyl groups is 2. The van der Waals surface area contributed by atoms with Crippen LogP contribution < -0.4 is 28.3 Å². The van der Waals surface area contributed by atoms with Crippen LogP contribution in [-0.2, 0) is 9.47 Å². The molecule has 2 aromatic heterocycles. The van der Waals surface area contributed by atoms with Gasteiger partial charge in [-0.2, -0.15) is 0 Å². The molecule has 35 heavy (non-hydrogen) atoms. The fourth-order valence-electron chi connectivity index (χ4n) is 4.60. The maximum Gasteiger partial charge on any atom is 0.330 e. The van der Waals surface area contributed by atoms with Gasteiger partial charge >= 0.3 is 11.4 Å². The van der Waals surface area contributed by atoms with Crippen molar-refractivity contribution < 1.29 is 19.7 Å². The van der Waals surface area contributed by atoms with Gasteiger partial charge in [-0.25, -0.2) is 14.6 Å². The number of nitrogens with two attached hydrogens (primary N) is 1. The van der Waals surface area contributed by atoms with Gasteiger partial charge in [0.25, 0.3) is 11.1 Å². The Balaban J connectivity index is 1.40. The lowest BCUT2D eigenvalue weighted by Crippen LogP contribution is -2.47. The predicted molar refractivity (Wildman–Crippen MR) is 121 cm³/mol. The van der Waals surface area contributed by atoms with Crippen molar-refractivity contribution in [2.75, 3.05) is 13.2 Å². The molecule has 6 atom stereocenters. The molecule has 0 amide bonds. The molecular formula is C21H30N6O8. The Morgan fingerprint density at radius 2 is 1.54 bits per heavy atom.